The maximum Gasteiger partial charge on any atom is 1.00 e. The van der Waals surface area contributed by atoms with Gasteiger partial charge in [-0.1, -0.05) is 116 Å². The molecule has 1 amide bonds. The molecule has 0 fully saturated rings. The molecule has 0 bridgehead atoms. The summed E-state index contributed by atoms with van der Waals surface area (Å²) in [5, 5.41) is 2.82. The molecule has 0 unspecified atom stereocenters. The van der Waals surface area contributed by atoms with E-state index in [1.165, 1.54) is 70.6 Å². The summed E-state index contributed by atoms with van der Waals surface area (Å²) in [6.45, 7) is 3.47. The number of phosphoric ester groups is 1. The zero-order valence-corrected chi connectivity index (χ0v) is 33.3. The Bertz CT molecular complexity index is 741. The summed E-state index contributed by atoms with van der Waals surface area (Å²) < 4.78 is 25.5. The summed E-state index contributed by atoms with van der Waals surface area (Å²) in [4.78, 5) is 56.8. The first-order valence-electron chi connectivity index (χ1n) is 16.4. The van der Waals surface area contributed by atoms with Gasteiger partial charge in [0.05, 0.1) is 14.4 Å². The fraction of sp³-hybridized carbons (Fsp3) is 0.903. The van der Waals surface area contributed by atoms with E-state index >= 15 is 0 Å². The number of hydrogen-bond acceptors (Lipinski definition) is 9. The van der Waals surface area contributed by atoms with Crippen molar-refractivity contribution < 1.29 is 102 Å². The van der Waals surface area contributed by atoms with Crippen molar-refractivity contribution in [1.29, 1.82) is 0 Å². The first kappa shape index (κ1) is 48.9. The van der Waals surface area contributed by atoms with E-state index in [9.17, 15) is 28.7 Å². The molecule has 248 valence electrons. The zero-order chi connectivity index (χ0) is 31.3. The molecule has 0 aromatic heterocycles. The Kier molecular flexibility index (Phi) is 38.7. The van der Waals surface area contributed by atoms with E-state index in [-0.39, 0.29) is 84.5 Å². The molecule has 0 heterocycles. The number of ether oxygens (including phenoxy) is 2. The van der Waals surface area contributed by atoms with Crippen molar-refractivity contribution in [3.05, 3.63) is 0 Å². The molecule has 0 radical (unpaired) electrons. The molecule has 0 aliphatic rings. The Morgan fingerprint density at radius 2 is 1.05 bits per heavy atom. The van der Waals surface area contributed by atoms with Crippen LogP contribution in [0.1, 0.15) is 155 Å². The molecule has 0 saturated carbocycles. The van der Waals surface area contributed by atoms with Gasteiger partial charge >= 0.3 is 71.1 Å². The first-order chi connectivity index (χ1) is 20.1. The van der Waals surface area contributed by atoms with Crippen LogP contribution in [-0.2, 0) is 32.9 Å². The van der Waals surface area contributed by atoms with Gasteiger partial charge in [0.25, 0.3) is 0 Å². The smallest absolute Gasteiger partial charge is 0.790 e. The van der Waals surface area contributed by atoms with Crippen molar-refractivity contribution in [3.8, 4) is 0 Å². The van der Waals surface area contributed by atoms with Crippen LogP contribution in [0.2, 0.25) is 0 Å². The number of carbonyl (C=O) groups excluding carboxylic acids is 3. The third-order valence-electron chi connectivity index (χ3n) is 7.06. The second-order valence-electron chi connectivity index (χ2n) is 11.2. The number of hydrogen-bond donors (Lipinski definition) is 1. The van der Waals surface area contributed by atoms with Gasteiger partial charge in [-0.05, 0) is 19.3 Å². The number of esters is 2. The Labute approximate surface area is 311 Å². The third kappa shape index (κ3) is 38.7. The molecule has 0 aromatic carbocycles. The van der Waals surface area contributed by atoms with E-state index in [1.54, 1.807) is 6.92 Å². The van der Waals surface area contributed by atoms with Gasteiger partial charge in [-0.15, -0.1) is 0 Å². The van der Waals surface area contributed by atoms with E-state index in [1.807, 2.05) is 0 Å². The third-order valence-corrected chi connectivity index (χ3v) is 7.53. The van der Waals surface area contributed by atoms with Crippen LogP contribution in [0.4, 0.5) is 0 Å². The second kappa shape index (κ2) is 34.8. The van der Waals surface area contributed by atoms with Crippen molar-refractivity contribution in [2.75, 3.05) is 19.8 Å². The topological polar surface area (TPSA) is 154 Å². The maximum atomic E-state index is 12.1. The Balaban J connectivity index is -0.00000840. The molecular weight excluding hydrogens is 607 g/mol. The van der Waals surface area contributed by atoms with Gasteiger partial charge in [-0.3, -0.25) is 14.4 Å². The number of rotatable bonds is 30. The fourth-order valence-corrected chi connectivity index (χ4v) is 4.97. The molecule has 10 nitrogen and oxygen atoms in total. The van der Waals surface area contributed by atoms with E-state index < -0.39 is 32.5 Å². The summed E-state index contributed by atoms with van der Waals surface area (Å²) in [5.41, 5.74) is 0. The monoisotopic (exact) mass is 665 g/mol. The van der Waals surface area contributed by atoms with Crippen LogP contribution in [0.25, 0.3) is 0 Å². The molecule has 0 spiro atoms. The van der Waals surface area contributed by atoms with Gasteiger partial charge in [-0.2, -0.15) is 0 Å². The van der Waals surface area contributed by atoms with Crippen LogP contribution in [0, 0.1) is 0 Å². The molecule has 0 aliphatic carbocycles. The Hall–Kier alpha value is 0.520. The van der Waals surface area contributed by atoms with Gasteiger partial charge in [0.15, 0.2) is 6.10 Å². The minimum absolute atomic E-state index is 0. The SMILES string of the molecule is CCCCCCCCCC(=O)O[C@@H](COC(=O)CCCCCCCCCCCCCCCNC(C)=O)COP(=O)([O-])[O-].[Na+].[Na+]. The van der Waals surface area contributed by atoms with Crippen LogP contribution in [0.5, 0.6) is 0 Å². The normalized spacial score (nSPS) is 11.6. The number of phosphoric acid groups is 1. The van der Waals surface area contributed by atoms with E-state index in [4.69, 9.17) is 9.47 Å². The van der Waals surface area contributed by atoms with Gasteiger partial charge < -0.3 is 33.7 Å². The molecular formula is C31H58NNa2O9P. The van der Waals surface area contributed by atoms with Crippen LogP contribution >= 0.6 is 7.82 Å². The number of carbonyl (C=O) groups is 3. The molecule has 0 aromatic rings. The second-order valence-corrected chi connectivity index (χ2v) is 12.4. The van der Waals surface area contributed by atoms with Crippen LogP contribution < -0.4 is 74.2 Å². The minimum atomic E-state index is -5.24. The van der Waals surface area contributed by atoms with Crippen LogP contribution in [0.3, 0.4) is 0 Å². The Morgan fingerprint density at radius 3 is 1.48 bits per heavy atom. The van der Waals surface area contributed by atoms with E-state index in [2.05, 4.69) is 16.8 Å². The Morgan fingerprint density at radius 1 is 0.636 bits per heavy atom. The number of amides is 1. The fourth-order valence-electron chi connectivity index (χ4n) is 4.62. The predicted molar refractivity (Wildman–Crippen MR) is 160 cm³/mol. The molecule has 1 N–H and O–H groups in total. The minimum Gasteiger partial charge on any atom is -0.790 e. The van der Waals surface area contributed by atoms with Crippen molar-refractivity contribution >= 4 is 25.7 Å². The van der Waals surface area contributed by atoms with Crippen molar-refractivity contribution in [1.82, 2.24) is 5.32 Å². The quantitative estimate of drug-likeness (QED) is 0.0485. The molecule has 1 atom stereocenters. The van der Waals surface area contributed by atoms with Crippen LogP contribution in [-0.4, -0.2) is 43.7 Å². The molecule has 0 aliphatic heterocycles. The average molecular weight is 666 g/mol. The van der Waals surface area contributed by atoms with Crippen molar-refractivity contribution in [2.45, 2.75) is 161 Å². The average Bonchev–Trinajstić information content (AvgIpc) is 2.93. The zero-order valence-electron chi connectivity index (χ0n) is 28.4. The predicted octanol–water partition coefficient (Wildman–Crippen LogP) is 0.0329. The van der Waals surface area contributed by atoms with Gasteiger partial charge in [-0.25, -0.2) is 0 Å². The largest absolute Gasteiger partial charge is 1.00 e. The standard InChI is InChI=1S/C31H60NO9P.2Na/c1-3-4-5-6-14-18-21-24-31(35)41-29(27-40-42(36,37)38)26-39-30(34)23-20-17-15-12-10-8-7-9-11-13-16-19-22-25-32-28(2)33;;/h29H,3-27H2,1-2H3,(H,32,33)(H2,36,37,38);;/q;2*+1/p-2/t29-;;/m0../s1. The van der Waals surface area contributed by atoms with Crippen molar-refractivity contribution in [3.63, 3.8) is 0 Å². The summed E-state index contributed by atoms with van der Waals surface area (Å²) in [5.74, 6) is -0.945. The summed E-state index contributed by atoms with van der Waals surface area (Å²) in [6.07, 6.45) is 21.2. The number of unbranched alkanes of at least 4 members (excludes halogenated alkanes) is 18. The van der Waals surface area contributed by atoms with Gasteiger partial charge in [0.1, 0.15) is 6.61 Å². The van der Waals surface area contributed by atoms with E-state index in [0.717, 1.165) is 51.5 Å². The van der Waals surface area contributed by atoms with E-state index in [0.29, 0.717) is 12.8 Å². The molecule has 44 heavy (non-hydrogen) atoms. The number of nitrogens with one attached hydrogen (secondary N) is 1. The van der Waals surface area contributed by atoms with Crippen molar-refractivity contribution in [2.24, 2.45) is 0 Å². The van der Waals surface area contributed by atoms with Gasteiger partial charge in [0.2, 0.25) is 5.91 Å². The summed E-state index contributed by atoms with van der Waals surface area (Å²) in [7, 11) is -5.24. The molecule has 13 heteroatoms. The van der Waals surface area contributed by atoms with Gasteiger partial charge in [0, 0.05) is 26.3 Å². The van der Waals surface area contributed by atoms with Crippen LogP contribution in [0.15, 0.2) is 0 Å². The maximum absolute atomic E-state index is 12.1. The molecule has 0 saturated heterocycles. The summed E-state index contributed by atoms with van der Waals surface area (Å²) in [6, 6.07) is 0. The summed E-state index contributed by atoms with van der Waals surface area (Å²) >= 11 is 0. The first-order valence-corrected chi connectivity index (χ1v) is 17.9. The molecule has 0 rings (SSSR count).